The maximum Gasteiger partial charge on any atom is 0.265 e. The number of sulfonamides is 1. The molecule has 0 atom stereocenters. The number of pyridine rings is 2. The van der Waals surface area contributed by atoms with Gasteiger partial charge in [0.25, 0.3) is 15.6 Å². The minimum atomic E-state index is -4.07. The van der Waals surface area contributed by atoms with Crippen molar-refractivity contribution in [1.29, 1.82) is 0 Å². The molecule has 0 saturated heterocycles. The van der Waals surface area contributed by atoms with Crippen molar-refractivity contribution < 1.29 is 18.3 Å². The van der Waals surface area contributed by atoms with Crippen LogP contribution >= 0.6 is 0 Å². The monoisotopic (exact) mass is 540 g/mol. The number of aryl methyl sites for hydroxylation is 1. The topological polar surface area (TPSA) is 123 Å². The summed E-state index contributed by atoms with van der Waals surface area (Å²) in [7, 11) is -2.62. The lowest BCUT2D eigenvalue weighted by Crippen LogP contribution is -2.21. The highest BCUT2D eigenvalue weighted by molar-refractivity contribution is 7.92. The number of aliphatic imine (C=N–C) groups is 1. The van der Waals surface area contributed by atoms with Gasteiger partial charge in [0, 0.05) is 23.2 Å². The summed E-state index contributed by atoms with van der Waals surface area (Å²) in [6, 6.07) is 22.9. The third kappa shape index (κ3) is 4.97. The van der Waals surface area contributed by atoms with E-state index >= 15 is 0 Å². The highest BCUT2D eigenvalue weighted by Gasteiger charge is 2.20. The highest BCUT2D eigenvalue weighted by Crippen LogP contribution is 2.29. The summed E-state index contributed by atoms with van der Waals surface area (Å²) in [5.41, 5.74) is 1.04. The van der Waals surface area contributed by atoms with Crippen LogP contribution in [-0.4, -0.2) is 36.4 Å². The third-order valence-corrected chi connectivity index (χ3v) is 7.50. The van der Waals surface area contributed by atoms with Crippen LogP contribution in [0.4, 0.5) is 11.5 Å². The van der Waals surface area contributed by atoms with E-state index in [2.05, 4.69) is 14.7 Å². The van der Waals surface area contributed by atoms with Crippen LogP contribution in [0.5, 0.6) is 11.6 Å². The van der Waals surface area contributed by atoms with Crippen LogP contribution in [0.25, 0.3) is 16.5 Å². The zero-order valence-electron chi connectivity index (χ0n) is 21.1. The van der Waals surface area contributed by atoms with Gasteiger partial charge < -0.3 is 9.84 Å². The van der Waals surface area contributed by atoms with Crippen LogP contribution in [0, 0.1) is 6.92 Å². The van der Waals surface area contributed by atoms with Crippen molar-refractivity contribution in [2.45, 2.75) is 11.8 Å². The SMILES string of the molecule is COc1ccccc1NS(=O)(=O)c1cccc(-n2c(O)c(/C=N/c3ncccc3C)c3ccccc3c2=O)c1. The second-order valence-corrected chi connectivity index (χ2v) is 10.3. The van der Waals surface area contributed by atoms with Crippen LogP contribution in [0.3, 0.4) is 0 Å². The quantitative estimate of drug-likeness (QED) is 0.281. The molecule has 2 N–H and O–H groups in total. The Labute approximate surface area is 224 Å². The Bertz CT molecular complexity index is 1900. The average molecular weight is 541 g/mol. The molecule has 196 valence electrons. The molecule has 0 aliphatic rings. The van der Waals surface area contributed by atoms with Gasteiger partial charge in [0.05, 0.1) is 28.9 Å². The number of methoxy groups -OCH3 is 1. The summed E-state index contributed by atoms with van der Waals surface area (Å²) < 4.78 is 35.3. The Morgan fingerprint density at radius 1 is 0.974 bits per heavy atom. The van der Waals surface area contributed by atoms with E-state index < -0.39 is 15.6 Å². The van der Waals surface area contributed by atoms with E-state index in [0.717, 1.165) is 10.1 Å². The van der Waals surface area contributed by atoms with Crippen LogP contribution in [0.2, 0.25) is 0 Å². The summed E-state index contributed by atoms with van der Waals surface area (Å²) in [6.45, 7) is 1.86. The molecule has 5 rings (SSSR count). The van der Waals surface area contributed by atoms with E-state index in [1.807, 2.05) is 13.0 Å². The van der Waals surface area contributed by atoms with Crippen LogP contribution in [0.15, 0.2) is 106 Å². The van der Waals surface area contributed by atoms with E-state index in [-0.39, 0.29) is 27.7 Å². The summed E-state index contributed by atoms with van der Waals surface area (Å²) in [4.78, 5) is 22.1. The fourth-order valence-electron chi connectivity index (χ4n) is 4.19. The number of fused-ring (bicyclic) bond motifs is 1. The second-order valence-electron chi connectivity index (χ2n) is 8.63. The number of ether oxygens (including phenoxy) is 1. The highest BCUT2D eigenvalue weighted by atomic mass is 32.2. The molecule has 0 aliphatic carbocycles. The molecular formula is C29H24N4O5S. The Morgan fingerprint density at radius 2 is 1.72 bits per heavy atom. The first kappa shape index (κ1) is 25.7. The molecule has 2 aromatic heterocycles. The lowest BCUT2D eigenvalue weighted by atomic mass is 10.1. The molecule has 0 bridgehead atoms. The van der Waals surface area contributed by atoms with Gasteiger partial charge in [-0.2, -0.15) is 0 Å². The Balaban J connectivity index is 1.64. The lowest BCUT2D eigenvalue weighted by molar-refractivity contribution is 0.417. The second kappa shape index (κ2) is 10.4. The number of hydrogen-bond donors (Lipinski definition) is 2. The largest absolute Gasteiger partial charge is 0.495 e. The normalized spacial score (nSPS) is 11.6. The van der Waals surface area contributed by atoms with Crippen molar-refractivity contribution in [3.05, 3.63) is 113 Å². The number of benzene rings is 3. The van der Waals surface area contributed by atoms with E-state index in [0.29, 0.717) is 22.3 Å². The summed E-state index contributed by atoms with van der Waals surface area (Å²) in [5, 5.41) is 12.2. The van der Waals surface area contributed by atoms with E-state index in [1.165, 1.54) is 31.5 Å². The third-order valence-electron chi connectivity index (χ3n) is 6.14. The van der Waals surface area contributed by atoms with Crippen LogP contribution < -0.4 is 15.0 Å². The molecule has 0 unspecified atom stereocenters. The maximum atomic E-state index is 13.5. The summed E-state index contributed by atoms with van der Waals surface area (Å²) in [5.74, 6) is 0.435. The molecular weight excluding hydrogens is 516 g/mol. The number of rotatable bonds is 7. The Hall–Kier alpha value is -4.96. The minimum absolute atomic E-state index is 0.107. The van der Waals surface area contributed by atoms with E-state index in [9.17, 15) is 18.3 Å². The number of hydrogen-bond acceptors (Lipinski definition) is 7. The molecule has 0 spiro atoms. The van der Waals surface area contributed by atoms with Crippen molar-refractivity contribution in [2.75, 3.05) is 11.8 Å². The van der Waals surface area contributed by atoms with Gasteiger partial charge in [-0.05, 0) is 55.0 Å². The van der Waals surface area contributed by atoms with Gasteiger partial charge in [-0.25, -0.2) is 23.0 Å². The number of anilines is 1. The lowest BCUT2D eigenvalue weighted by Gasteiger charge is -2.15. The summed E-state index contributed by atoms with van der Waals surface area (Å²) >= 11 is 0. The first-order valence-corrected chi connectivity index (χ1v) is 13.4. The molecule has 9 nitrogen and oxygen atoms in total. The maximum absolute atomic E-state index is 13.5. The minimum Gasteiger partial charge on any atom is -0.495 e. The zero-order chi connectivity index (χ0) is 27.6. The Morgan fingerprint density at radius 3 is 2.49 bits per heavy atom. The predicted octanol–water partition coefficient (Wildman–Crippen LogP) is 4.96. The number of aromatic nitrogens is 2. The molecule has 0 fully saturated rings. The first-order chi connectivity index (χ1) is 18.8. The first-order valence-electron chi connectivity index (χ1n) is 11.9. The van der Waals surface area contributed by atoms with E-state index in [1.54, 1.807) is 66.9 Å². The van der Waals surface area contributed by atoms with Crippen LogP contribution in [-0.2, 0) is 10.0 Å². The van der Waals surface area contributed by atoms with Gasteiger partial charge in [0.1, 0.15) is 5.75 Å². The molecule has 0 saturated carbocycles. The fourth-order valence-corrected chi connectivity index (χ4v) is 5.30. The number of nitrogens with one attached hydrogen (secondary N) is 1. The molecule has 3 aromatic carbocycles. The molecule has 0 aliphatic heterocycles. The summed E-state index contributed by atoms with van der Waals surface area (Å²) in [6.07, 6.45) is 3.07. The van der Waals surface area contributed by atoms with Crippen molar-refractivity contribution in [3.8, 4) is 17.3 Å². The fraction of sp³-hybridized carbons (Fsp3) is 0.0690. The van der Waals surface area contributed by atoms with Crippen molar-refractivity contribution in [3.63, 3.8) is 0 Å². The Kier molecular flexibility index (Phi) is 6.86. The molecule has 39 heavy (non-hydrogen) atoms. The van der Waals surface area contributed by atoms with Gasteiger partial charge in [0.2, 0.25) is 5.88 Å². The van der Waals surface area contributed by atoms with Gasteiger partial charge in [-0.15, -0.1) is 0 Å². The van der Waals surface area contributed by atoms with Crippen molar-refractivity contribution in [2.24, 2.45) is 4.99 Å². The molecule has 5 aromatic rings. The molecule has 10 heteroatoms. The van der Waals surface area contributed by atoms with Gasteiger partial charge in [-0.3, -0.25) is 9.52 Å². The standard InChI is InChI=1S/C29H24N4O5S/c1-19-9-8-16-30-27(19)31-18-24-22-12-3-4-13-23(22)28(34)33(29(24)35)20-10-7-11-21(17-20)39(36,37)32-25-14-5-6-15-26(25)38-2/h3-18,32,35H,1-2H3/b31-18+. The number of para-hydroxylation sites is 2. The van der Waals surface area contributed by atoms with E-state index in [4.69, 9.17) is 4.74 Å². The number of aromatic hydroxyl groups is 1. The smallest absolute Gasteiger partial charge is 0.265 e. The average Bonchev–Trinajstić information content (AvgIpc) is 2.94. The number of nitrogens with zero attached hydrogens (tertiary/aromatic N) is 3. The molecule has 2 heterocycles. The van der Waals surface area contributed by atoms with Gasteiger partial charge >= 0.3 is 0 Å². The van der Waals surface area contributed by atoms with Crippen molar-refractivity contribution in [1.82, 2.24) is 9.55 Å². The van der Waals surface area contributed by atoms with Gasteiger partial charge in [0.15, 0.2) is 5.82 Å². The van der Waals surface area contributed by atoms with Crippen molar-refractivity contribution >= 4 is 38.5 Å². The molecule has 0 amide bonds. The molecule has 0 radical (unpaired) electrons. The predicted molar refractivity (Wildman–Crippen MR) is 151 cm³/mol. The van der Waals surface area contributed by atoms with Crippen LogP contribution in [0.1, 0.15) is 11.1 Å². The van der Waals surface area contributed by atoms with Gasteiger partial charge in [-0.1, -0.05) is 42.5 Å². The zero-order valence-corrected chi connectivity index (χ0v) is 21.9.